The van der Waals surface area contributed by atoms with Gasteiger partial charge in [-0.3, -0.25) is 4.79 Å². The van der Waals surface area contributed by atoms with Gasteiger partial charge in [0.05, 0.1) is 16.5 Å². The molecule has 0 saturated carbocycles. The molecule has 2 aromatic carbocycles. The van der Waals surface area contributed by atoms with E-state index in [9.17, 15) is 4.79 Å². The van der Waals surface area contributed by atoms with Crippen LogP contribution in [0.4, 0.5) is 0 Å². The zero-order chi connectivity index (χ0) is 17.2. The summed E-state index contributed by atoms with van der Waals surface area (Å²) in [6.07, 6.45) is 4.07. The normalized spacial score (nSPS) is 17.2. The number of rotatable bonds is 4. The summed E-state index contributed by atoms with van der Waals surface area (Å²) in [7, 11) is 0. The minimum absolute atomic E-state index is 0.0384. The molecule has 0 bridgehead atoms. The van der Waals surface area contributed by atoms with Gasteiger partial charge < -0.3 is 9.47 Å². The van der Waals surface area contributed by atoms with E-state index in [1.807, 2.05) is 58.1 Å². The molecular weight excluding hydrogens is 352 g/mol. The molecule has 1 aromatic heterocycles. The van der Waals surface area contributed by atoms with Gasteiger partial charge in [-0.15, -0.1) is 11.8 Å². The Kier molecular flexibility index (Phi) is 4.55. The standard InChI is InChI=1S/C20H17ClN2OS/c21-17-8-4-5-9-18(17)22-11-10-16(13-22)20-23(19(24)14-25-20)12-15-6-2-1-3-7-15/h1-11,13,20H,12,14H2/t20-/m1/s1. The van der Waals surface area contributed by atoms with E-state index < -0.39 is 0 Å². The van der Waals surface area contributed by atoms with Gasteiger partial charge in [-0.2, -0.15) is 0 Å². The van der Waals surface area contributed by atoms with E-state index in [0.29, 0.717) is 17.3 Å². The van der Waals surface area contributed by atoms with Gasteiger partial charge >= 0.3 is 0 Å². The first-order valence-corrected chi connectivity index (χ1v) is 9.53. The van der Waals surface area contributed by atoms with Crippen LogP contribution in [0, 0.1) is 0 Å². The predicted octanol–water partition coefficient (Wildman–Crippen LogP) is 4.90. The molecule has 2 heterocycles. The smallest absolute Gasteiger partial charge is 0.234 e. The lowest BCUT2D eigenvalue weighted by atomic mass is 10.2. The van der Waals surface area contributed by atoms with Crippen LogP contribution in [-0.2, 0) is 11.3 Å². The van der Waals surface area contributed by atoms with Gasteiger partial charge in [0.25, 0.3) is 0 Å². The molecule has 0 radical (unpaired) electrons. The Hall–Kier alpha value is -2.17. The van der Waals surface area contributed by atoms with Crippen LogP contribution in [0.5, 0.6) is 0 Å². The number of amides is 1. The van der Waals surface area contributed by atoms with Crippen LogP contribution in [0.25, 0.3) is 5.69 Å². The van der Waals surface area contributed by atoms with Crippen molar-refractivity contribution in [3.63, 3.8) is 0 Å². The molecule has 0 unspecified atom stereocenters. The van der Waals surface area contributed by atoms with Crippen molar-refractivity contribution in [1.29, 1.82) is 0 Å². The van der Waals surface area contributed by atoms with Crippen molar-refractivity contribution >= 4 is 29.3 Å². The summed E-state index contributed by atoms with van der Waals surface area (Å²) >= 11 is 7.97. The van der Waals surface area contributed by atoms with Gasteiger partial charge in [-0.1, -0.05) is 54.1 Å². The topological polar surface area (TPSA) is 25.2 Å². The van der Waals surface area contributed by atoms with E-state index >= 15 is 0 Å². The van der Waals surface area contributed by atoms with Crippen LogP contribution < -0.4 is 0 Å². The molecule has 1 saturated heterocycles. The highest BCUT2D eigenvalue weighted by Crippen LogP contribution is 2.40. The summed E-state index contributed by atoms with van der Waals surface area (Å²) in [6, 6.07) is 19.9. The zero-order valence-electron chi connectivity index (χ0n) is 13.5. The van der Waals surface area contributed by atoms with Crippen LogP contribution in [0.3, 0.4) is 0 Å². The van der Waals surface area contributed by atoms with Crippen LogP contribution in [0.15, 0.2) is 73.1 Å². The van der Waals surface area contributed by atoms with E-state index in [1.54, 1.807) is 11.8 Å². The van der Waals surface area contributed by atoms with Crippen molar-refractivity contribution in [3.8, 4) is 5.69 Å². The Morgan fingerprint density at radius 2 is 1.80 bits per heavy atom. The third kappa shape index (κ3) is 3.32. The molecule has 0 aliphatic carbocycles. The first kappa shape index (κ1) is 16.3. The molecule has 25 heavy (non-hydrogen) atoms. The monoisotopic (exact) mass is 368 g/mol. The number of para-hydroxylation sites is 1. The third-order valence-corrected chi connectivity index (χ3v) is 5.87. The second-order valence-corrected chi connectivity index (χ2v) is 7.45. The van der Waals surface area contributed by atoms with Crippen LogP contribution in [0.2, 0.25) is 5.02 Å². The number of benzene rings is 2. The molecule has 1 atom stereocenters. The molecule has 1 fully saturated rings. The van der Waals surface area contributed by atoms with Crippen molar-refractivity contribution in [2.75, 3.05) is 5.75 Å². The SMILES string of the molecule is O=C1CS[C@H](c2ccn(-c3ccccc3Cl)c2)N1Cc1ccccc1. The predicted molar refractivity (Wildman–Crippen MR) is 103 cm³/mol. The largest absolute Gasteiger partial charge is 0.322 e. The van der Waals surface area contributed by atoms with Gasteiger partial charge in [0.15, 0.2) is 0 Å². The first-order valence-electron chi connectivity index (χ1n) is 8.10. The number of halogens is 1. The van der Waals surface area contributed by atoms with Gasteiger partial charge in [0, 0.05) is 24.5 Å². The first-order chi connectivity index (χ1) is 12.2. The average Bonchev–Trinajstić information content (AvgIpc) is 3.24. The molecule has 3 nitrogen and oxygen atoms in total. The van der Waals surface area contributed by atoms with E-state index in [4.69, 9.17) is 11.6 Å². The summed E-state index contributed by atoms with van der Waals surface area (Å²) < 4.78 is 2.02. The van der Waals surface area contributed by atoms with Crippen molar-refractivity contribution in [1.82, 2.24) is 9.47 Å². The minimum Gasteiger partial charge on any atom is -0.322 e. The Morgan fingerprint density at radius 1 is 1.04 bits per heavy atom. The van der Waals surface area contributed by atoms with E-state index in [1.165, 1.54) is 0 Å². The number of hydrogen-bond acceptors (Lipinski definition) is 2. The molecule has 4 rings (SSSR count). The number of carbonyl (C=O) groups excluding carboxylic acids is 1. The number of thioether (sulfide) groups is 1. The van der Waals surface area contributed by atoms with E-state index in [-0.39, 0.29) is 11.3 Å². The lowest BCUT2D eigenvalue weighted by molar-refractivity contribution is -0.128. The summed E-state index contributed by atoms with van der Waals surface area (Å²) in [4.78, 5) is 14.3. The van der Waals surface area contributed by atoms with Gasteiger partial charge in [0.2, 0.25) is 5.91 Å². The lowest BCUT2D eigenvalue weighted by Gasteiger charge is -2.23. The van der Waals surface area contributed by atoms with Crippen molar-refractivity contribution in [2.45, 2.75) is 11.9 Å². The van der Waals surface area contributed by atoms with Crippen molar-refractivity contribution in [2.24, 2.45) is 0 Å². The molecule has 0 N–H and O–H groups in total. The molecule has 1 aliphatic rings. The lowest BCUT2D eigenvalue weighted by Crippen LogP contribution is -2.27. The molecule has 3 aromatic rings. The second-order valence-electron chi connectivity index (χ2n) is 5.97. The molecule has 1 aliphatic heterocycles. The molecule has 0 spiro atoms. The fraction of sp³-hybridized carbons (Fsp3) is 0.150. The number of hydrogen-bond donors (Lipinski definition) is 0. The Morgan fingerprint density at radius 3 is 2.60 bits per heavy atom. The van der Waals surface area contributed by atoms with E-state index in [0.717, 1.165) is 16.8 Å². The fourth-order valence-electron chi connectivity index (χ4n) is 3.05. The zero-order valence-corrected chi connectivity index (χ0v) is 15.1. The molecule has 5 heteroatoms. The summed E-state index contributed by atoms with van der Waals surface area (Å²) in [6.45, 7) is 0.634. The summed E-state index contributed by atoms with van der Waals surface area (Å²) in [5.41, 5.74) is 3.21. The number of carbonyl (C=O) groups is 1. The Balaban J connectivity index is 1.60. The van der Waals surface area contributed by atoms with Crippen molar-refractivity contribution in [3.05, 3.63) is 89.2 Å². The van der Waals surface area contributed by atoms with Crippen molar-refractivity contribution < 1.29 is 4.79 Å². The Bertz CT molecular complexity index is 893. The quantitative estimate of drug-likeness (QED) is 0.654. The van der Waals surface area contributed by atoms with Gasteiger partial charge in [0.1, 0.15) is 5.37 Å². The molecule has 126 valence electrons. The maximum Gasteiger partial charge on any atom is 0.234 e. The number of aromatic nitrogens is 1. The second kappa shape index (κ2) is 6.98. The molecule has 1 amide bonds. The van der Waals surface area contributed by atoms with Crippen LogP contribution >= 0.6 is 23.4 Å². The minimum atomic E-state index is 0.0384. The van der Waals surface area contributed by atoms with Crippen LogP contribution in [0.1, 0.15) is 16.5 Å². The summed E-state index contributed by atoms with van der Waals surface area (Å²) in [5, 5.41) is 0.748. The van der Waals surface area contributed by atoms with E-state index in [2.05, 4.69) is 24.4 Å². The van der Waals surface area contributed by atoms with Crippen LogP contribution in [-0.4, -0.2) is 21.1 Å². The maximum absolute atomic E-state index is 12.4. The highest BCUT2D eigenvalue weighted by molar-refractivity contribution is 8.00. The molecular formula is C20H17ClN2OS. The maximum atomic E-state index is 12.4. The van der Waals surface area contributed by atoms with Gasteiger partial charge in [-0.25, -0.2) is 0 Å². The summed E-state index contributed by atoms with van der Waals surface area (Å²) in [5.74, 6) is 0.707. The number of nitrogens with zero attached hydrogens (tertiary/aromatic N) is 2. The highest BCUT2D eigenvalue weighted by atomic mass is 35.5. The fourth-order valence-corrected chi connectivity index (χ4v) is 4.45. The third-order valence-electron chi connectivity index (χ3n) is 4.30. The average molecular weight is 369 g/mol. The van der Waals surface area contributed by atoms with Gasteiger partial charge in [-0.05, 0) is 23.8 Å². The Labute approximate surface area is 156 Å². The highest BCUT2D eigenvalue weighted by Gasteiger charge is 2.33.